The Morgan fingerprint density at radius 1 is 0.591 bits per heavy atom. The van der Waals surface area contributed by atoms with E-state index in [0.717, 1.165) is 27.7 Å². The number of anilines is 2. The molecule has 2 heterocycles. The maximum absolute atomic E-state index is 13.0. The number of nitrogens with one attached hydrogen (secondary N) is 2. The minimum absolute atomic E-state index is 0.0433. The van der Waals surface area contributed by atoms with Crippen molar-refractivity contribution in [2.24, 2.45) is 0 Å². The summed E-state index contributed by atoms with van der Waals surface area (Å²) in [5.41, 5.74) is 1.24. The monoisotopic (exact) mass is 944 g/mol. The first kappa shape index (κ1) is 50.7. The average Bonchev–Trinajstić information content (AvgIpc) is 3.77. The zero-order chi connectivity index (χ0) is 48.3. The molecule has 25 heteroatoms. The van der Waals surface area contributed by atoms with Crippen molar-refractivity contribution in [1.82, 2.24) is 10.6 Å². The highest BCUT2D eigenvalue weighted by atomic mass is 32.1. The lowest BCUT2D eigenvalue weighted by Gasteiger charge is -2.26. The third kappa shape index (κ3) is 17.0. The number of carbonyl (C=O) groups is 9. The van der Waals surface area contributed by atoms with Crippen molar-refractivity contribution in [1.29, 1.82) is 0 Å². The van der Waals surface area contributed by atoms with Crippen LogP contribution in [-0.4, -0.2) is 125 Å². The number of ether oxygens (including phenoxy) is 10. The summed E-state index contributed by atoms with van der Waals surface area (Å²) >= 11 is 5.01. The van der Waals surface area contributed by atoms with Gasteiger partial charge < -0.3 is 66.9 Å². The number of aryl methyl sites for hydroxylation is 1. The second-order valence-corrected chi connectivity index (χ2v) is 13.8. The van der Waals surface area contributed by atoms with E-state index in [2.05, 4.69) is 20.1 Å². The lowest BCUT2D eigenvalue weighted by atomic mass is 10.2. The Hall–Kier alpha value is -7.96. The Morgan fingerprint density at radius 3 is 1.45 bits per heavy atom. The molecular formula is C41H44N4O20S. The zero-order valence-corrected chi connectivity index (χ0v) is 36.9. The van der Waals surface area contributed by atoms with Gasteiger partial charge in [0.25, 0.3) is 5.91 Å². The molecule has 1 aromatic heterocycles. The summed E-state index contributed by atoms with van der Waals surface area (Å²) in [6.45, 7) is 0.451. The van der Waals surface area contributed by atoms with E-state index < -0.39 is 107 Å². The van der Waals surface area contributed by atoms with Crippen molar-refractivity contribution < 1.29 is 94.9 Å². The van der Waals surface area contributed by atoms with Crippen LogP contribution in [0.1, 0.15) is 39.0 Å². The van der Waals surface area contributed by atoms with Crippen molar-refractivity contribution in [2.75, 3.05) is 76.4 Å². The fraction of sp³-hybridized carbons (Fsp3) is 0.366. The molecule has 0 saturated carbocycles. The highest BCUT2D eigenvalue weighted by Crippen LogP contribution is 2.36. The summed E-state index contributed by atoms with van der Waals surface area (Å²) < 4.78 is 57.1. The average molecular weight is 945 g/mol. The molecule has 1 aliphatic heterocycles. The third-order valence-corrected chi connectivity index (χ3v) is 8.43. The Balaban J connectivity index is 1.66. The molecule has 1 aliphatic rings. The number of hydrogen-bond acceptors (Lipinski definition) is 23. The van der Waals surface area contributed by atoms with Gasteiger partial charge >= 0.3 is 47.8 Å². The second kappa shape index (κ2) is 24.8. The normalized spacial score (nSPS) is 12.2. The van der Waals surface area contributed by atoms with E-state index in [4.69, 9.17) is 54.5 Å². The van der Waals surface area contributed by atoms with Gasteiger partial charge in [0.1, 0.15) is 67.9 Å². The van der Waals surface area contributed by atoms with Gasteiger partial charge in [0, 0.05) is 45.2 Å². The van der Waals surface area contributed by atoms with Crippen LogP contribution < -0.4 is 29.9 Å². The molecule has 0 spiro atoms. The SMILES string of the molecule is CC(=O)OCOC(=O)CN(CC(=O)OCOC(C)=O)c1ccc(C)cc1OCCOc1cc2cc(C=C3NC(=S)NC3=O)oc2cc1N(CC(=O)OCOC(C)=O)CC(=O)OCOC(C)=O. The molecule has 0 bridgehead atoms. The number of nitrogens with zero attached hydrogens (tertiary/aromatic N) is 2. The van der Waals surface area contributed by atoms with Crippen LogP contribution in [0.25, 0.3) is 17.0 Å². The minimum atomic E-state index is -0.959. The number of furan rings is 1. The van der Waals surface area contributed by atoms with Crippen molar-refractivity contribution in [3.8, 4) is 11.5 Å². The van der Waals surface area contributed by atoms with E-state index in [1.807, 2.05) is 0 Å². The van der Waals surface area contributed by atoms with Gasteiger partial charge in [-0.15, -0.1) is 0 Å². The van der Waals surface area contributed by atoms with Crippen LogP contribution in [0.15, 0.2) is 46.5 Å². The summed E-state index contributed by atoms with van der Waals surface area (Å²) in [5.74, 6) is -6.70. The first-order valence-electron chi connectivity index (χ1n) is 19.3. The summed E-state index contributed by atoms with van der Waals surface area (Å²) in [6, 6.07) is 9.33. The molecule has 0 aliphatic carbocycles. The predicted octanol–water partition coefficient (Wildman–Crippen LogP) is 1.41. The number of amides is 1. The van der Waals surface area contributed by atoms with Gasteiger partial charge in [-0.1, -0.05) is 6.07 Å². The quantitative estimate of drug-likeness (QED) is 0.0320. The molecule has 1 fully saturated rings. The third-order valence-electron chi connectivity index (χ3n) is 8.23. The van der Waals surface area contributed by atoms with E-state index in [1.54, 1.807) is 31.2 Å². The van der Waals surface area contributed by atoms with Gasteiger partial charge in [0.15, 0.2) is 5.11 Å². The van der Waals surface area contributed by atoms with Crippen molar-refractivity contribution in [3.05, 3.63) is 53.4 Å². The molecule has 0 unspecified atom stereocenters. The maximum Gasteiger partial charge on any atom is 0.328 e. The predicted molar refractivity (Wildman–Crippen MR) is 226 cm³/mol. The molecule has 1 amide bonds. The molecular weight excluding hydrogens is 901 g/mol. The van der Waals surface area contributed by atoms with Crippen LogP contribution in [0.4, 0.5) is 11.4 Å². The van der Waals surface area contributed by atoms with Crippen LogP contribution in [0.2, 0.25) is 0 Å². The number of esters is 8. The molecule has 4 rings (SSSR count). The largest absolute Gasteiger partial charge is 0.488 e. The topological polar surface area (TPSA) is 290 Å². The number of fused-ring (bicyclic) bond motifs is 1. The maximum atomic E-state index is 13.0. The highest BCUT2D eigenvalue weighted by Gasteiger charge is 2.26. The molecule has 2 aromatic carbocycles. The van der Waals surface area contributed by atoms with Crippen molar-refractivity contribution >= 4 is 99.4 Å². The van der Waals surface area contributed by atoms with Gasteiger partial charge in [0.2, 0.25) is 27.2 Å². The fourth-order valence-electron chi connectivity index (χ4n) is 5.41. The van der Waals surface area contributed by atoms with Crippen LogP contribution >= 0.6 is 12.2 Å². The second-order valence-electron chi connectivity index (χ2n) is 13.4. The van der Waals surface area contributed by atoms with Crippen LogP contribution in [0.3, 0.4) is 0 Å². The number of thiocarbonyl (C=S) groups is 1. The summed E-state index contributed by atoms with van der Waals surface area (Å²) in [7, 11) is 0. The summed E-state index contributed by atoms with van der Waals surface area (Å²) in [6.07, 6.45) is 1.39. The van der Waals surface area contributed by atoms with Gasteiger partial charge in [-0.05, 0) is 49.0 Å². The minimum Gasteiger partial charge on any atom is -0.488 e. The standard InChI is InChI=1S/C41H44N4O20S/c1-23-6-7-31(44(15-36(50)61-19-57-24(2)46)16-37(51)62-20-58-25(3)47)34(10-23)55-8-9-56-35-12-28-11-29(13-30-40(54)43-41(66)42-30)65-33(28)14-32(35)45(17-38(52)63-21-59-26(4)48)18-39(53)64-22-60-27(5)49/h6-7,10-14H,8-9,15-22H2,1-5H3,(H2,42,43,54,66). The van der Waals surface area contributed by atoms with Gasteiger partial charge in [-0.3, -0.25) is 48.5 Å². The number of carbonyl (C=O) groups excluding carboxylic acids is 9. The molecule has 0 atom stereocenters. The van der Waals surface area contributed by atoms with Crippen LogP contribution in [-0.2, 0) is 81.0 Å². The Bertz CT molecular complexity index is 2310. The molecule has 66 heavy (non-hydrogen) atoms. The fourth-order valence-corrected chi connectivity index (χ4v) is 5.61. The lowest BCUT2D eigenvalue weighted by molar-refractivity contribution is -0.167. The zero-order valence-electron chi connectivity index (χ0n) is 36.1. The van der Waals surface area contributed by atoms with E-state index in [0.29, 0.717) is 10.9 Å². The van der Waals surface area contributed by atoms with Crippen molar-refractivity contribution in [2.45, 2.75) is 34.6 Å². The molecule has 3 aromatic rings. The number of hydrogen-bond donors (Lipinski definition) is 2. The number of rotatable bonds is 24. The van der Waals surface area contributed by atoms with Crippen LogP contribution in [0, 0.1) is 6.92 Å². The highest BCUT2D eigenvalue weighted by molar-refractivity contribution is 7.80. The van der Waals surface area contributed by atoms with E-state index >= 15 is 0 Å². The Labute approximate surface area is 380 Å². The molecule has 0 radical (unpaired) electrons. The van der Waals surface area contributed by atoms with E-state index in [1.165, 1.54) is 28.0 Å². The van der Waals surface area contributed by atoms with Gasteiger partial charge in [-0.25, -0.2) is 0 Å². The lowest BCUT2D eigenvalue weighted by Crippen LogP contribution is -2.37. The summed E-state index contributed by atoms with van der Waals surface area (Å²) in [5, 5.41) is 5.66. The molecule has 2 N–H and O–H groups in total. The molecule has 24 nitrogen and oxygen atoms in total. The molecule has 1 saturated heterocycles. The Kier molecular flexibility index (Phi) is 19.0. The molecule has 354 valence electrons. The number of benzene rings is 2. The first-order valence-corrected chi connectivity index (χ1v) is 19.7. The van der Waals surface area contributed by atoms with Crippen LogP contribution in [0.5, 0.6) is 11.5 Å². The van der Waals surface area contributed by atoms with Gasteiger partial charge in [-0.2, -0.15) is 0 Å². The van der Waals surface area contributed by atoms with Gasteiger partial charge in [0.05, 0.1) is 11.4 Å². The first-order chi connectivity index (χ1) is 31.4. The van der Waals surface area contributed by atoms with Crippen molar-refractivity contribution in [3.63, 3.8) is 0 Å². The smallest absolute Gasteiger partial charge is 0.328 e. The summed E-state index contributed by atoms with van der Waals surface area (Å²) in [4.78, 5) is 111. The van der Waals surface area contributed by atoms with E-state index in [-0.39, 0.29) is 58.2 Å². The van der Waals surface area contributed by atoms with E-state index in [9.17, 15) is 43.2 Å². The Morgan fingerprint density at radius 2 is 1.03 bits per heavy atom.